The first-order valence-electron chi connectivity index (χ1n) is 8.01. The highest BCUT2D eigenvalue weighted by atomic mass is 16.1. The Balaban J connectivity index is 1.73. The Bertz CT molecular complexity index is 894. The zero-order valence-corrected chi connectivity index (χ0v) is 13.7. The summed E-state index contributed by atoms with van der Waals surface area (Å²) in [5, 5.41) is 11.9. The number of nitrogens with zero attached hydrogens (tertiary/aromatic N) is 4. The van der Waals surface area contributed by atoms with E-state index in [0.717, 1.165) is 28.2 Å². The Morgan fingerprint density at radius 3 is 2.75 bits per heavy atom. The van der Waals surface area contributed by atoms with Crippen LogP contribution in [0.25, 0.3) is 0 Å². The Morgan fingerprint density at radius 1 is 1.25 bits per heavy atom. The predicted octanol–water partition coefficient (Wildman–Crippen LogP) is 2.45. The van der Waals surface area contributed by atoms with E-state index in [2.05, 4.69) is 27.6 Å². The average molecular weight is 321 g/mol. The van der Waals surface area contributed by atoms with Gasteiger partial charge in [0.25, 0.3) is 0 Å². The van der Waals surface area contributed by atoms with Gasteiger partial charge in [-0.2, -0.15) is 10.2 Å². The van der Waals surface area contributed by atoms with Gasteiger partial charge in [-0.3, -0.25) is 9.48 Å². The van der Waals surface area contributed by atoms with Crippen molar-refractivity contribution < 1.29 is 4.79 Å². The third kappa shape index (κ3) is 2.50. The number of carbonyl (C=O) groups is 1. The Kier molecular flexibility index (Phi) is 3.45. The van der Waals surface area contributed by atoms with E-state index in [-0.39, 0.29) is 11.8 Å². The van der Waals surface area contributed by atoms with E-state index in [1.807, 2.05) is 49.2 Å². The fourth-order valence-corrected chi connectivity index (χ4v) is 3.38. The number of rotatable bonds is 3. The molecule has 0 spiro atoms. The number of aryl methyl sites for hydroxylation is 2. The molecule has 6 nitrogen and oxygen atoms in total. The van der Waals surface area contributed by atoms with Crippen LogP contribution in [-0.2, 0) is 18.4 Å². The molecule has 1 N–H and O–H groups in total. The number of nitrogens with one attached hydrogen (secondary N) is 1. The van der Waals surface area contributed by atoms with Crippen molar-refractivity contribution in [3.8, 4) is 0 Å². The van der Waals surface area contributed by atoms with Crippen molar-refractivity contribution in [1.82, 2.24) is 19.6 Å². The molecule has 122 valence electrons. The summed E-state index contributed by atoms with van der Waals surface area (Å²) in [6.45, 7) is 2.62. The maximum atomic E-state index is 12.3. The minimum Gasteiger partial charge on any atom is -0.311 e. The van der Waals surface area contributed by atoms with Crippen LogP contribution >= 0.6 is 0 Å². The largest absolute Gasteiger partial charge is 0.311 e. The van der Waals surface area contributed by atoms with Gasteiger partial charge in [-0.15, -0.1) is 0 Å². The highest BCUT2D eigenvalue weighted by molar-refractivity contribution is 5.94. The number of fused-ring (bicyclic) bond motifs is 1. The number of carbonyl (C=O) groups excluding carboxylic acids is 1. The van der Waals surface area contributed by atoms with Crippen molar-refractivity contribution in [2.45, 2.75) is 25.8 Å². The van der Waals surface area contributed by atoms with Gasteiger partial charge in [0.15, 0.2) is 0 Å². The molecule has 1 aromatic carbocycles. The normalized spacial score (nSPS) is 16.8. The molecule has 0 fully saturated rings. The molecule has 1 aliphatic rings. The quantitative estimate of drug-likeness (QED) is 0.806. The van der Waals surface area contributed by atoms with Crippen molar-refractivity contribution in [1.29, 1.82) is 0 Å². The fourth-order valence-electron chi connectivity index (χ4n) is 3.38. The van der Waals surface area contributed by atoms with E-state index >= 15 is 0 Å². The Morgan fingerprint density at radius 2 is 2.04 bits per heavy atom. The smallest absolute Gasteiger partial charge is 0.226 e. The molecule has 1 amide bonds. The standard InChI is InChI=1S/C18H19N5O/c1-12-16(11-22(2)21-12)14-8-17(24)20-18-15(14)9-19-23(18)10-13-6-4-3-5-7-13/h3-7,9,11,14H,8,10H2,1-2H3,(H,20,24)/t14-/m0/s1. The molecule has 3 heterocycles. The van der Waals surface area contributed by atoms with Crippen LogP contribution in [-0.4, -0.2) is 25.5 Å². The van der Waals surface area contributed by atoms with Gasteiger partial charge in [0.2, 0.25) is 5.91 Å². The summed E-state index contributed by atoms with van der Waals surface area (Å²) in [5.74, 6) is 0.820. The fraction of sp³-hybridized carbons (Fsp3) is 0.278. The lowest BCUT2D eigenvalue weighted by Crippen LogP contribution is -2.25. The van der Waals surface area contributed by atoms with Gasteiger partial charge >= 0.3 is 0 Å². The molecule has 1 atom stereocenters. The number of hydrogen-bond acceptors (Lipinski definition) is 3. The van der Waals surface area contributed by atoms with Crippen molar-refractivity contribution in [2.75, 3.05) is 5.32 Å². The van der Waals surface area contributed by atoms with Crippen LogP contribution in [0, 0.1) is 6.92 Å². The van der Waals surface area contributed by atoms with E-state index in [0.29, 0.717) is 13.0 Å². The predicted molar refractivity (Wildman–Crippen MR) is 90.8 cm³/mol. The topological polar surface area (TPSA) is 64.7 Å². The number of hydrogen-bond donors (Lipinski definition) is 1. The van der Waals surface area contributed by atoms with E-state index < -0.39 is 0 Å². The van der Waals surface area contributed by atoms with Crippen molar-refractivity contribution in [3.63, 3.8) is 0 Å². The summed E-state index contributed by atoms with van der Waals surface area (Å²) < 4.78 is 3.66. The summed E-state index contributed by atoms with van der Waals surface area (Å²) in [6, 6.07) is 10.1. The molecule has 3 aromatic rings. The minimum atomic E-state index is 0.00646. The molecule has 0 saturated heterocycles. The van der Waals surface area contributed by atoms with Gasteiger partial charge in [0.1, 0.15) is 5.82 Å². The maximum Gasteiger partial charge on any atom is 0.226 e. The van der Waals surface area contributed by atoms with Gasteiger partial charge < -0.3 is 5.32 Å². The van der Waals surface area contributed by atoms with Crippen LogP contribution in [0.4, 0.5) is 5.82 Å². The van der Waals surface area contributed by atoms with E-state index in [4.69, 9.17) is 0 Å². The van der Waals surface area contributed by atoms with Crippen molar-refractivity contribution in [2.24, 2.45) is 7.05 Å². The minimum absolute atomic E-state index is 0.00646. The van der Waals surface area contributed by atoms with Crippen LogP contribution in [0.2, 0.25) is 0 Å². The van der Waals surface area contributed by atoms with Crippen LogP contribution in [0.15, 0.2) is 42.7 Å². The van der Waals surface area contributed by atoms with Gasteiger partial charge in [-0.05, 0) is 12.5 Å². The average Bonchev–Trinajstić information content (AvgIpc) is 3.11. The second-order valence-corrected chi connectivity index (χ2v) is 6.24. The molecule has 0 aliphatic carbocycles. The van der Waals surface area contributed by atoms with E-state index in [1.165, 1.54) is 0 Å². The molecule has 0 radical (unpaired) electrons. The lowest BCUT2D eigenvalue weighted by Gasteiger charge is -2.23. The SMILES string of the molecule is Cc1nn(C)cc1[C@H]1CC(=O)Nc2c1cnn2Cc1ccccc1. The zero-order chi connectivity index (χ0) is 16.7. The maximum absolute atomic E-state index is 12.3. The van der Waals surface area contributed by atoms with Crippen molar-refractivity contribution >= 4 is 11.7 Å². The lowest BCUT2D eigenvalue weighted by atomic mass is 9.88. The molecule has 0 saturated carbocycles. The number of amides is 1. The molecular formula is C18H19N5O. The Labute approximate surface area is 140 Å². The van der Waals surface area contributed by atoms with Crippen LogP contribution < -0.4 is 5.32 Å². The number of benzene rings is 1. The van der Waals surface area contributed by atoms with Gasteiger partial charge in [0, 0.05) is 36.7 Å². The zero-order valence-electron chi connectivity index (χ0n) is 13.7. The second kappa shape index (κ2) is 5.63. The first kappa shape index (κ1) is 14.7. The molecule has 6 heteroatoms. The molecule has 1 aliphatic heterocycles. The molecule has 24 heavy (non-hydrogen) atoms. The summed E-state index contributed by atoms with van der Waals surface area (Å²) in [7, 11) is 1.90. The second-order valence-electron chi connectivity index (χ2n) is 6.24. The van der Waals surface area contributed by atoms with E-state index in [1.54, 1.807) is 4.68 Å². The lowest BCUT2D eigenvalue weighted by molar-refractivity contribution is -0.116. The van der Waals surface area contributed by atoms with E-state index in [9.17, 15) is 4.79 Å². The van der Waals surface area contributed by atoms with Gasteiger partial charge in [-0.25, -0.2) is 4.68 Å². The summed E-state index contributed by atoms with van der Waals surface area (Å²) in [4.78, 5) is 12.3. The first-order chi connectivity index (χ1) is 11.6. The van der Waals surface area contributed by atoms with Crippen LogP contribution in [0.3, 0.4) is 0 Å². The highest BCUT2D eigenvalue weighted by Gasteiger charge is 2.31. The van der Waals surface area contributed by atoms with Gasteiger partial charge in [-0.1, -0.05) is 30.3 Å². The molecule has 4 rings (SSSR count). The van der Waals surface area contributed by atoms with Crippen LogP contribution in [0.1, 0.15) is 34.7 Å². The Hall–Kier alpha value is -2.89. The number of anilines is 1. The summed E-state index contributed by atoms with van der Waals surface area (Å²) >= 11 is 0. The van der Waals surface area contributed by atoms with Crippen LogP contribution in [0.5, 0.6) is 0 Å². The number of aromatic nitrogens is 4. The molecular weight excluding hydrogens is 302 g/mol. The monoisotopic (exact) mass is 321 g/mol. The molecule has 0 bridgehead atoms. The highest BCUT2D eigenvalue weighted by Crippen LogP contribution is 2.38. The van der Waals surface area contributed by atoms with Crippen molar-refractivity contribution in [3.05, 3.63) is 65.1 Å². The third-order valence-electron chi connectivity index (χ3n) is 4.49. The summed E-state index contributed by atoms with van der Waals surface area (Å²) in [5.41, 5.74) is 4.26. The first-order valence-corrected chi connectivity index (χ1v) is 8.01. The summed E-state index contributed by atoms with van der Waals surface area (Å²) in [6.07, 6.45) is 4.29. The van der Waals surface area contributed by atoms with Gasteiger partial charge in [0.05, 0.1) is 18.4 Å². The molecule has 2 aromatic heterocycles. The molecule has 0 unspecified atom stereocenters. The third-order valence-corrected chi connectivity index (χ3v) is 4.49.